The number of hydrogen-bond acceptors (Lipinski definition) is 5. The van der Waals surface area contributed by atoms with E-state index in [0.29, 0.717) is 22.9 Å². The zero-order chi connectivity index (χ0) is 26.1. The van der Waals surface area contributed by atoms with Gasteiger partial charge in [0.05, 0.1) is 12.1 Å². The van der Waals surface area contributed by atoms with E-state index in [0.717, 1.165) is 43.4 Å². The summed E-state index contributed by atoms with van der Waals surface area (Å²) >= 11 is 6.63. The maximum atomic E-state index is 13.7. The molecule has 1 aliphatic carbocycles. The average Bonchev–Trinajstić information content (AvgIpc) is 2.74. The van der Waals surface area contributed by atoms with E-state index in [-0.39, 0.29) is 35.3 Å². The van der Waals surface area contributed by atoms with E-state index in [1.54, 1.807) is 12.1 Å². The summed E-state index contributed by atoms with van der Waals surface area (Å²) in [6, 6.07) is 7.65. The Hall–Kier alpha value is -2.22. The maximum absolute atomic E-state index is 13.7. The Morgan fingerprint density at radius 2 is 2.08 bits per heavy atom. The van der Waals surface area contributed by atoms with Crippen molar-refractivity contribution in [2.45, 2.75) is 90.0 Å². The highest BCUT2D eigenvalue weighted by atomic mass is 35.5. The van der Waals surface area contributed by atoms with E-state index in [1.165, 1.54) is 19.1 Å². The van der Waals surface area contributed by atoms with Crippen molar-refractivity contribution in [3.63, 3.8) is 0 Å². The van der Waals surface area contributed by atoms with Gasteiger partial charge in [0.25, 0.3) is 0 Å². The minimum atomic E-state index is -0.882. The van der Waals surface area contributed by atoms with Gasteiger partial charge in [-0.25, -0.2) is 9.37 Å². The van der Waals surface area contributed by atoms with Crippen LogP contribution in [0.4, 0.5) is 4.39 Å². The third-order valence-electron chi connectivity index (χ3n) is 7.03. The van der Waals surface area contributed by atoms with Gasteiger partial charge in [-0.1, -0.05) is 44.5 Å². The van der Waals surface area contributed by atoms with Gasteiger partial charge in [-0.05, 0) is 61.3 Å². The number of carbonyl (C=O) groups is 1. The minimum absolute atomic E-state index is 0.0525. The Morgan fingerprint density at radius 3 is 2.69 bits per heavy atom. The van der Waals surface area contributed by atoms with Crippen LogP contribution >= 0.6 is 11.6 Å². The van der Waals surface area contributed by atoms with Crippen LogP contribution in [0.25, 0.3) is 0 Å². The van der Waals surface area contributed by atoms with Crippen molar-refractivity contribution in [3.05, 3.63) is 58.1 Å². The van der Waals surface area contributed by atoms with E-state index >= 15 is 0 Å². The van der Waals surface area contributed by atoms with E-state index in [1.807, 2.05) is 0 Å². The van der Waals surface area contributed by atoms with Crippen molar-refractivity contribution in [3.8, 4) is 5.75 Å². The van der Waals surface area contributed by atoms with Crippen molar-refractivity contribution in [2.75, 3.05) is 6.54 Å². The Labute approximate surface area is 218 Å². The van der Waals surface area contributed by atoms with Gasteiger partial charge in [0.2, 0.25) is 5.91 Å². The third-order valence-corrected chi connectivity index (χ3v) is 7.29. The quantitative estimate of drug-likeness (QED) is 0.433. The number of halogens is 2. The summed E-state index contributed by atoms with van der Waals surface area (Å²) in [6.45, 7) is 8.15. The molecule has 0 bridgehead atoms. The fourth-order valence-electron chi connectivity index (χ4n) is 5.23. The van der Waals surface area contributed by atoms with Crippen LogP contribution in [0.5, 0.6) is 5.75 Å². The lowest BCUT2D eigenvalue weighted by Gasteiger charge is -2.48. The number of carbonyl (C=O) groups excluding carboxylic acids is 1. The van der Waals surface area contributed by atoms with Gasteiger partial charge in [0.1, 0.15) is 11.4 Å². The maximum Gasteiger partial charge on any atom is 0.217 e. The van der Waals surface area contributed by atoms with Crippen LogP contribution in [0.15, 0.2) is 30.3 Å². The summed E-state index contributed by atoms with van der Waals surface area (Å²) in [7, 11) is 0. The second-order valence-corrected chi connectivity index (χ2v) is 11.9. The SMILES string of the molecule is CC(=O)N[C@@H](Cc1cccc(F)c1)[C@@H](O)CN[C@H]1CC2(CCC2)Oc2c1cc(CC(C)(C)C)nc2Cl. The van der Waals surface area contributed by atoms with Crippen LogP contribution in [0.2, 0.25) is 5.15 Å². The molecule has 1 fully saturated rings. The normalized spacial score (nSPS) is 20.1. The Balaban J connectivity index is 1.54. The number of aliphatic hydroxyl groups excluding tert-OH is 1. The van der Waals surface area contributed by atoms with E-state index in [2.05, 4.69) is 42.5 Å². The number of ether oxygens (including phenoxy) is 1. The third kappa shape index (κ3) is 6.55. The molecule has 0 radical (unpaired) electrons. The summed E-state index contributed by atoms with van der Waals surface area (Å²) in [6.07, 6.45) is 4.01. The molecule has 1 saturated carbocycles. The summed E-state index contributed by atoms with van der Waals surface area (Å²) in [5.41, 5.74) is 2.37. The fourth-order valence-corrected chi connectivity index (χ4v) is 5.49. The number of benzene rings is 1. The molecule has 196 valence electrons. The molecule has 8 heteroatoms. The molecule has 1 aliphatic heterocycles. The van der Waals surface area contributed by atoms with Crippen LogP contribution in [-0.4, -0.2) is 40.3 Å². The van der Waals surface area contributed by atoms with Gasteiger partial charge in [-0.15, -0.1) is 0 Å². The molecule has 3 N–H and O–H groups in total. The Kier molecular flexibility index (Phi) is 7.93. The molecule has 4 rings (SSSR count). The molecule has 1 spiro atoms. The molecule has 36 heavy (non-hydrogen) atoms. The topological polar surface area (TPSA) is 83.5 Å². The smallest absolute Gasteiger partial charge is 0.217 e. The predicted octanol–water partition coefficient (Wildman–Crippen LogP) is 4.91. The molecule has 3 atom stereocenters. The summed E-state index contributed by atoms with van der Waals surface area (Å²) < 4.78 is 20.1. The number of aliphatic hydroxyl groups is 1. The summed E-state index contributed by atoms with van der Waals surface area (Å²) in [5, 5.41) is 17.8. The van der Waals surface area contributed by atoms with Crippen LogP contribution in [0.1, 0.15) is 76.2 Å². The molecule has 1 amide bonds. The number of aromatic nitrogens is 1. The van der Waals surface area contributed by atoms with Gasteiger partial charge < -0.3 is 20.5 Å². The molecular weight excluding hydrogens is 481 g/mol. The molecular formula is C28H37ClFN3O3. The van der Waals surface area contributed by atoms with Crippen molar-refractivity contribution in [1.82, 2.24) is 15.6 Å². The Bertz CT molecular complexity index is 1100. The standard InChI is InChI=1S/C28H37ClFN3O3/c1-17(34)32-22(12-18-7-5-8-19(30)11-18)24(35)16-31-23-15-28(9-6-10-28)36-25-21(23)13-20(33-26(25)29)14-27(2,3)4/h5,7-8,11,13,22-24,31,35H,6,9-10,12,14-16H2,1-4H3,(H,32,34)/t22-,23-,24-/m0/s1. The molecule has 0 saturated heterocycles. The van der Waals surface area contributed by atoms with Crippen molar-refractivity contribution < 1.29 is 19.0 Å². The molecule has 2 aliphatic rings. The number of nitrogens with one attached hydrogen (secondary N) is 2. The van der Waals surface area contributed by atoms with Gasteiger partial charge >= 0.3 is 0 Å². The number of hydrogen-bond donors (Lipinski definition) is 3. The van der Waals surface area contributed by atoms with Gasteiger partial charge in [0, 0.05) is 37.2 Å². The van der Waals surface area contributed by atoms with Crippen molar-refractivity contribution in [2.24, 2.45) is 5.41 Å². The van der Waals surface area contributed by atoms with E-state index in [4.69, 9.17) is 16.3 Å². The summed E-state index contributed by atoms with van der Waals surface area (Å²) in [4.78, 5) is 16.5. The highest BCUT2D eigenvalue weighted by Crippen LogP contribution is 2.51. The molecule has 1 aromatic carbocycles. The van der Waals surface area contributed by atoms with Gasteiger partial charge in [-0.2, -0.15) is 0 Å². The minimum Gasteiger partial charge on any atom is -0.484 e. The van der Waals surface area contributed by atoms with E-state index in [9.17, 15) is 14.3 Å². The lowest BCUT2D eigenvalue weighted by atomic mass is 9.73. The molecule has 2 heterocycles. The van der Waals surface area contributed by atoms with Crippen LogP contribution in [-0.2, 0) is 17.6 Å². The second-order valence-electron chi connectivity index (χ2n) is 11.6. The van der Waals surface area contributed by atoms with E-state index < -0.39 is 12.1 Å². The van der Waals surface area contributed by atoms with Crippen LogP contribution < -0.4 is 15.4 Å². The first-order valence-electron chi connectivity index (χ1n) is 12.7. The van der Waals surface area contributed by atoms with Gasteiger partial charge in [0.15, 0.2) is 10.9 Å². The average molecular weight is 518 g/mol. The number of pyridine rings is 1. The fraction of sp³-hybridized carbons (Fsp3) is 0.571. The largest absolute Gasteiger partial charge is 0.484 e. The number of rotatable bonds is 8. The monoisotopic (exact) mass is 517 g/mol. The second kappa shape index (κ2) is 10.6. The highest BCUT2D eigenvalue weighted by Gasteiger charge is 2.46. The first kappa shape index (κ1) is 26.8. The van der Waals surface area contributed by atoms with Crippen molar-refractivity contribution >= 4 is 17.5 Å². The zero-order valence-electron chi connectivity index (χ0n) is 21.5. The number of amides is 1. The highest BCUT2D eigenvalue weighted by molar-refractivity contribution is 6.31. The molecule has 6 nitrogen and oxygen atoms in total. The number of nitrogens with zero attached hydrogens (tertiary/aromatic N) is 1. The molecule has 2 aromatic rings. The lowest BCUT2D eigenvalue weighted by Crippen LogP contribution is -2.52. The molecule has 1 aromatic heterocycles. The first-order chi connectivity index (χ1) is 16.9. The van der Waals surface area contributed by atoms with Crippen molar-refractivity contribution in [1.29, 1.82) is 0 Å². The van der Waals surface area contributed by atoms with Gasteiger partial charge in [-0.3, -0.25) is 4.79 Å². The molecule has 0 unspecified atom stereocenters. The first-order valence-corrected chi connectivity index (χ1v) is 13.1. The number of fused-ring (bicyclic) bond motifs is 1. The lowest BCUT2D eigenvalue weighted by molar-refractivity contribution is -0.120. The Morgan fingerprint density at radius 1 is 1.33 bits per heavy atom. The summed E-state index contributed by atoms with van der Waals surface area (Å²) in [5.74, 6) is 0.0400. The predicted molar refractivity (Wildman–Crippen MR) is 139 cm³/mol. The van der Waals surface area contributed by atoms with Crippen LogP contribution in [0, 0.1) is 11.2 Å². The van der Waals surface area contributed by atoms with Crippen LogP contribution in [0.3, 0.4) is 0 Å². The zero-order valence-corrected chi connectivity index (χ0v) is 22.3.